The van der Waals surface area contributed by atoms with Gasteiger partial charge in [0.05, 0.1) is 0 Å². The lowest BCUT2D eigenvalue weighted by molar-refractivity contribution is 0.119. The van der Waals surface area contributed by atoms with Gasteiger partial charge in [-0.25, -0.2) is 0 Å². The molecule has 0 aliphatic heterocycles. The lowest BCUT2D eigenvalue weighted by Gasteiger charge is -2.42. The summed E-state index contributed by atoms with van der Waals surface area (Å²) in [6.45, 7) is 5.78. The van der Waals surface area contributed by atoms with Gasteiger partial charge in [-0.05, 0) is 62.1 Å². The highest BCUT2D eigenvalue weighted by atomic mass is 16.3. The molecule has 1 aliphatic carbocycles. The van der Waals surface area contributed by atoms with Gasteiger partial charge in [-0.2, -0.15) is 0 Å². The van der Waals surface area contributed by atoms with Gasteiger partial charge in [-0.1, -0.05) is 25.5 Å². The van der Waals surface area contributed by atoms with Gasteiger partial charge in [0.1, 0.15) is 5.75 Å². The fourth-order valence-electron chi connectivity index (χ4n) is 2.87. The van der Waals surface area contributed by atoms with Crippen LogP contribution in [-0.4, -0.2) is 17.7 Å². The van der Waals surface area contributed by atoms with E-state index in [9.17, 15) is 5.11 Å². The summed E-state index contributed by atoms with van der Waals surface area (Å²) >= 11 is 0. The normalized spacial score (nSPS) is 18.8. The molecular formula is C17H27NO. The van der Waals surface area contributed by atoms with E-state index < -0.39 is 0 Å². The Morgan fingerprint density at radius 1 is 1.26 bits per heavy atom. The molecule has 0 amide bonds. The van der Waals surface area contributed by atoms with Crippen molar-refractivity contribution in [2.24, 2.45) is 5.41 Å². The van der Waals surface area contributed by atoms with Gasteiger partial charge in [0.15, 0.2) is 0 Å². The van der Waals surface area contributed by atoms with Gasteiger partial charge in [0, 0.05) is 12.6 Å². The second-order valence-electron chi connectivity index (χ2n) is 6.19. The summed E-state index contributed by atoms with van der Waals surface area (Å²) in [5.41, 5.74) is 1.91. The molecule has 2 rings (SSSR count). The summed E-state index contributed by atoms with van der Waals surface area (Å²) in [6.07, 6.45) is 7.77. The number of nitrogens with one attached hydrogen (secondary N) is 1. The maximum atomic E-state index is 9.26. The van der Waals surface area contributed by atoms with Crippen molar-refractivity contribution in [3.63, 3.8) is 0 Å². The predicted octanol–water partition coefficient (Wildman–Crippen LogP) is 3.88. The van der Waals surface area contributed by atoms with Crippen LogP contribution in [-0.2, 0) is 6.42 Å². The first-order valence-corrected chi connectivity index (χ1v) is 7.65. The molecule has 1 aromatic carbocycles. The highest BCUT2D eigenvalue weighted by Crippen LogP contribution is 2.43. The number of aromatic hydroxyl groups is 1. The fourth-order valence-corrected chi connectivity index (χ4v) is 2.87. The van der Waals surface area contributed by atoms with Gasteiger partial charge < -0.3 is 10.4 Å². The molecule has 1 aromatic rings. The van der Waals surface area contributed by atoms with Crippen LogP contribution in [0.4, 0.5) is 0 Å². The molecule has 2 nitrogen and oxygen atoms in total. The van der Waals surface area contributed by atoms with E-state index in [0.717, 1.165) is 12.8 Å². The molecule has 19 heavy (non-hydrogen) atoms. The summed E-state index contributed by atoms with van der Waals surface area (Å²) in [5.74, 6) is 0.352. The van der Waals surface area contributed by atoms with E-state index in [-0.39, 0.29) is 0 Å². The molecule has 0 spiro atoms. The smallest absolute Gasteiger partial charge is 0.115 e. The van der Waals surface area contributed by atoms with E-state index >= 15 is 0 Å². The number of phenolic OH excluding ortho intramolecular Hbond substituents is 1. The number of aryl methyl sites for hydroxylation is 1. The zero-order valence-electron chi connectivity index (χ0n) is 12.3. The standard InChI is InChI=1S/C17H27NO/c1-3-17(11-4-12-17)13-18-14(2)5-6-15-7-9-16(19)10-8-15/h7-10,14,18-19H,3-6,11-13H2,1-2H3. The average molecular weight is 261 g/mol. The van der Waals surface area contributed by atoms with Crippen LogP contribution >= 0.6 is 0 Å². The molecule has 0 bridgehead atoms. The van der Waals surface area contributed by atoms with Crippen molar-refractivity contribution in [1.29, 1.82) is 0 Å². The van der Waals surface area contributed by atoms with Gasteiger partial charge in [-0.3, -0.25) is 0 Å². The first-order valence-electron chi connectivity index (χ1n) is 7.65. The quantitative estimate of drug-likeness (QED) is 0.780. The monoisotopic (exact) mass is 261 g/mol. The highest BCUT2D eigenvalue weighted by Gasteiger charge is 2.34. The third-order valence-corrected chi connectivity index (χ3v) is 4.79. The molecule has 1 fully saturated rings. The summed E-state index contributed by atoms with van der Waals surface area (Å²) < 4.78 is 0. The average Bonchev–Trinajstić information content (AvgIpc) is 2.37. The fraction of sp³-hybridized carbons (Fsp3) is 0.647. The molecule has 2 heteroatoms. The molecule has 0 radical (unpaired) electrons. The highest BCUT2D eigenvalue weighted by molar-refractivity contribution is 5.25. The van der Waals surface area contributed by atoms with Crippen molar-refractivity contribution in [3.05, 3.63) is 29.8 Å². The van der Waals surface area contributed by atoms with Crippen molar-refractivity contribution in [3.8, 4) is 5.75 Å². The molecule has 0 aromatic heterocycles. The van der Waals surface area contributed by atoms with Crippen LogP contribution in [0.3, 0.4) is 0 Å². The summed E-state index contributed by atoms with van der Waals surface area (Å²) in [6, 6.07) is 8.14. The van der Waals surface area contributed by atoms with Gasteiger partial charge in [0.25, 0.3) is 0 Å². The van der Waals surface area contributed by atoms with Crippen LogP contribution in [0.2, 0.25) is 0 Å². The summed E-state index contributed by atoms with van der Waals surface area (Å²) in [4.78, 5) is 0. The third-order valence-electron chi connectivity index (χ3n) is 4.79. The first kappa shape index (κ1) is 14.4. The van der Waals surface area contributed by atoms with E-state index in [4.69, 9.17) is 0 Å². The molecule has 1 aliphatic rings. The van der Waals surface area contributed by atoms with Gasteiger partial charge in [-0.15, -0.1) is 0 Å². The predicted molar refractivity (Wildman–Crippen MR) is 80.5 cm³/mol. The Morgan fingerprint density at radius 2 is 1.95 bits per heavy atom. The van der Waals surface area contributed by atoms with Crippen LogP contribution in [0.5, 0.6) is 5.75 Å². The van der Waals surface area contributed by atoms with E-state index in [1.54, 1.807) is 12.1 Å². The van der Waals surface area contributed by atoms with Crippen LogP contribution in [0.15, 0.2) is 24.3 Å². The Morgan fingerprint density at radius 3 is 2.47 bits per heavy atom. The van der Waals surface area contributed by atoms with Crippen molar-refractivity contribution in [2.75, 3.05) is 6.54 Å². The molecular weight excluding hydrogens is 234 g/mol. The number of benzene rings is 1. The van der Waals surface area contributed by atoms with Crippen LogP contribution in [0, 0.1) is 5.41 Å². The maximum absolute atomic E-state index is 9.26. The second-order valence-corrected chi connectivity index (χ2v) is 6.19. The summed E-state index contributed by atoms with van der Waals surface area (Å²) in [5, 5.41) is 13.0. The van der Waals surface area contributed by atoms with E-state index in [1.165, 1.54) is 37.8 Å². The Labute approximate surface area is 117 Å². The van der Waals surface area contributed by atoms with E-state index in [0.29, 0.717) is 17.2 Å². The second kappa shape index (κ2) is 6.42. The van der Waals surface area contributed by atoms with E-state index in [1.807, 2.05) is 12.1 Å². The Hall–Kier alpha value is -1.02. The molecule has 1 saturated carbocycles. The molecule has 0 heterocycles. The number of phenols is 1. The molecule has 0 saturated heterocycles. The largest absolute Gasteiger partial charge is 0.508 e. The lowest BCUT2D eigenvalue weighted by Crippen LogP contribution is -2.42. The van der Waals surface area contributed by atoms with Crippen molar-refractivity contribution in [2.45, 2.75) is 58.4 Å². The van der Waals surface area contributed by atoms with Gasteiger partial charge in [0.2, 0.25) is 0 Å². The van der Waals surface area contributed by atoms with Crippen molar-refractivity contribution >= 4 is 0 Å². The van der Waals surface area contributed by atoms with Crippen LogP contribution < -0.4 is 5.32 Å². The van der Waals surface area contributed by atoms with Gasteiger partial charge >= 0.3 is 0 Å². The Balaban J connectivity index is 1.69. The summed E-state index contributed by atoms with van der Waals surface area (Å²) in [7, 11) is 0. The minimum atomic E-state index is 0.352. The zero-order chi connectivity index (χ0) is 13.7. The molecule has 2 N–H and O–H groups in total. The Kier molecular flexibility index (Phi) is 4.87. The van der Waals surface area contributed by atoms with Crippen molar-refractivity contribution in [1.82, 2.24) is 5.32 Å². The molecule has 106 valence electrons. The minimum Gasteiger partial charge on any atom is -0.508 e. The van der Waals surface area contributed by atoms with E-state index in [2.05, 4.69) is 19.2 Å². The first-order chi connectivity index (χ1) is 9.13. The topological polar surface area (TPSA) is 32.3 Å². The number of hydrogen-bond donors (Lipinski definition) is 2. The number of rotatable bonds is 7. The third kappa shape index (κ3) is 3.97. The van der Waals surface area contributed by atoms with Crippen LogP contribution in [0.1, 0.15) is 51.5 Å². The molecule has 1 atom stereocenters. The van der Waals surface area contributed by atoms with Crippen LogP contribution in [0.25, 0.3) is 0 Å². The molecule has 1 unspecified atom stereocenters. The van der Waals surface area contributed by atoms with Crippen molar-refractivity contribution < 1.29 is 5.11 Å². The SMILES string of the molecule is CCC1(CNC(C)CCc2ccc(O)cc2)CCC1. The zero-order valence-corrected chi connectivity index (χ0v) is 12.3. The lowest BCUT2D eigenvalue weighted by atomic mass is 9.67. The Bertz CT molecular complexity index is 375. The number of hydrogen-bond acceptors (Lipinski definition) is 2. The minimum absolute atomic E-state index is 0.352. The maximum Gasteiger partial charge on any atom is 0.115 e.